The molecule has 1 aliphatic heterocycles. The van der Waals surface area contributed by atoms with Gasteiger partial charge in [-0.05, 0) is 46.7 Å². The first-order valence-electron chi connectivity index (χ1n) is 6.69. The SMILES string of the molecule is C=CCN(C(=O)CSC1CCNCC1)C(C)(C)C. The number of carbonyl (C=O) groups excluding carboxylic acids is 1. The lowest BCUT2D eigenvalue weighted by Crippen LogP contribution is -2.46. The Kier molecular flexibility index (Phi) is 6.22. The van der Waals surface area contributed by atoms with Crippen LogP contribution in [0, 0.1) is 0 Å². The maximum atomic E-state index is 12.3. The molecule has 1 rings (SSSR count). The minimum absolute atomic E-state index is 0.125. The van der Waals surface area contributed by atoms with E-state index in [0.717, 1.165) is 13.1 Å². The second-order valence-corrected chi connectivity index (χ2v) is 7.01. The minimum atomic E-state index is -0.125. The first-order valence-corrected chi connectivity index (χ1v) is 7.73. The Morgan fingerprint density at radius 1 is 1.44 bits per heavy atom. The smallest absolute Gasteiger partial charge is 0.233 e. The average molecular weight is 270 g/mol. The summed E-state index contributed by atoms with van der Waals surface area (Å²) in [5.74, 6) is 0.821. The van der Waals surface area contributed by atoms with Gasteiger partial charge in [-0.2, -0.15) is 0 Å². The zero-order valence-corrected chi connectivity index (χ0v) is 12.7. The van der Waals surface area contributed by atoms with Gasteiger partial charge in [0.25, 0.3) is 0 Å². The van der Waals surface area contributed by atoms with Gasteiger partial charge in [0.15, 0.2) is 0 Å². The van der Waals surface area contributed by atoms with Gasteiger partial charge in [0.1, 0.15) is 0 Å². The fraction of sp³-hybridized carbons (Fsp3) is 0.786. The number of hydrogen-bond acceptors (Lipinski definition) is 3. The molecule has 1 heterocycles. The lowest BCUT2D eigenvalue weighted by molar-refractivity contribution is -0.132. The fourth-order valence-corrected chi connectivity index (χ4v) is 3.21. The number of nitrogens with zero attached hydrogens (tertiary/aromatic N) is 1. The van der Waals surface area contributed by atoms with Crippen molar-refractivity contribution in [3.05, 3.63) is 12.7 Å². The van der Waals surface area contributed by atoms with Crippen molar-refractivity contribution in [2.45, 2.75) is 44.4 Å². The normalized spacial score (nSPS) is 17.5. The van der Waals surface area contributed by atoms with Crippen molar-refractivity contribution in [1.29, 1.82) is 0 Å². The molecule has 104 valence electrons. The number of rotatable bonds is 5. The van der Waals surface area contributed by atoms with Crippen LogP contribution in [-0.4, -0.2) is 47.0 Å². The largest absolute Gasteiger partial charge is 0.333 e. The van der Waals surface area contributed by atoms with Crippen LogP contribution in [0.2, 0.25) is 0 Å². The molecule has 0 aromatic carbocycles. The van der Waals surface area contributed by atoms with Crippen LogP contribution in [0.5, 0.6) is 0 Å². The molecule has 0 aromatic heterocycles. The van der Waals surface area contributed by atoms with Gasteiger partial charge < -0.3 is 10.2 Å². The zero-order valence-electron chi connectivity index (χ0n) is 11.9. The van der Waals surface area contributed by atoms with Gasteiger partial charge in [0.2, 0.25) is 5.91 Å². The monoisotopic (exact) mass is 270 g/mol. The molecular weight excluding hydrogens is 244 g/mol. The maximum absolute atomic E-state index is 12.3. The summed E-state index contributed by atoms with van der Waals surface area (Å²) in [5.41, 5.74) is -0.125. The van der Waals surface area contributed by atoms with Crippen LogP contribution < -0.4 is 5.32 Å². The number of nitrogens with one attached hydrogen (secondary N) is 1. The molecule has 0 aliphatic carbocycles. The number of carbonyl (C=O) groups is 1. The molecule has 0 aromatic rings. The Bertz CT molecular complexity index is 280. The molecule has 0 saturated carbocycles. The van der Waals surface area contributed by atoms with Crippen molar-refractivity contribution in [2.75, 3.05) is 25.4 Å². The molecule has 0 atom stereocenters. The standard InChI is InChI=1S/C14H26N2OS/c1-5-10-16(14(2,3)4)13(17)11-18-12-6-8-15-9-7-12/h5,12,15H,1,6-11H2,2-4H3. The van der Waals surface area contributed by atoms with Gasteiger partial charge in [-0.15, -0.1) is 18.3 Å². The summed E-state index contributed by atoms with van der Waals surface area (Å²) < 4.78 is 0. The molecular formula is C14H26N2OS. The van der Waals surface area contributed by atoms with Gasteiger partial charge in [0.05, 0.1) is 5.75 Å². The van der Waals surface area contributed by atoms with E-state index >= 15 is 0 Å². The van der Waals surface area contributed by atoms with Crippen molar-refractivity contribution in [3.8, 4) is 0 Å². The fourth-order valence-electron chi connectivity index (χ4n) is 2.11. The summed E-state index contributed by atoms with van der Waals surface area (Å²) in [5, 5.41) is 3.99. The molecule has 18 heavy (non-hydrogen) atoms. The van der Waals surface area contributed by atoms with E-state index in [0.29, 0.717) is 17.5 Å². The number of amides is 1. The highest BCUT2D eigenvalue weighted by Crippen LogP contribution is 2.22. The van der Waals surface area contributed by atoms with E-state index < -0.39 is 0 Å². The summed E-state index contributed by atoms with van der Waals surface area (Å²) in [4.78, 5) is 14.2. The maximum Gasteiger partial charge on any atom is 0.233 e. The molecule has 0 radical (unpaired) electrons. The summed E-state index contributed by atoms with van der Waals surface area (Å²) in [7, 11) is 0. The highest BCUT2D eigenvalue weighted by molar-refractivity contribution is 8.00. The number of hydrogen-bond donors (Lipinski definition) is 1. The summed E-state index contributed by atoms with van der Waals surface area (Å²) in [6, 6.07) is 0. The van der Waals surface area contributed by atoms with Crippen molar-refractivity contribution >= 4 is 17.7 Å². The lowest BCUT2D eigenvalue weighted by atomic mass is 10.1. The zero-order chi connectivity index (χ0) is 13.6. The number of thioether (sulfide) groups is 1. The van der Waals surface area contributed by atoms with Crippen LogP contribution in [0.25, 0.3) is 0 Å². The highest BCUT2D eigenvalue weighted by Gasteiger charge is 2.26. The van der Waals surface area contributed by atoms with Crippen LogP contribution in [0.1, 0.15) is 33.6 Å². The van der Waals surface area contributed by atoms with E-state index in [-0.39, 0.29) is 11.4 Å². The van der Waals surface area contributed by atoms with E-state index in [2.05, 4.69) is 32.7 Å². The molecule has 1 aliphatic rings. The third-order valence-electron chi connectivity index (χ3n) is 3.15. The van der Waals surface area contributed by atoms with Gasteiger partial charge in [-0.25, -0.2) is 0 Å². The minimum Gasteiger partial charge on any atom is -0.333 e. The second kappa shape index (κ2) is 7.19. The summed E-state index contributed by atoms with van der Waals surface area (Å²) in [6.07, 6.45) is 4.15. The molecule has 4 heteroatoms. The lowest BCUT2D eigenvalue weighted by Gasteiger charge is -2.35. The second-order valence-electron chi connectivity index (χ2n) is 5.72. The average Bonchev–Trinajstić information content (AvgIpc) is 2.33. The van der Waals surface area contributed by atoms with Crippen LogP contribution in [-0.2, 0) is 4.79 Å². The molecule has 0 unspecified atom stereocenters. The van der Waals surface area contributed by atoms with Crippen molar-refractivity contribution in [3.63, 3.8) is 0 Å². The molecule has 3 nitrogen and oxygen atoms in total. The van der Waals surface area contributed by atoms with Crippen LogP contribution in [0.3, 0.4) is 0 Å². The van der Waals surface area contributed by atoms with Gasteiger partial charge >= 0.3 is 0 Å². The molecule has 1 N–H and O–H groups in total. The Hall–Kier alpha value is -0.480. The van der Waals surface area contributed by atoms with Crippen LogP contribution in [0.4, 0.5) is 0 Å². The predicted octanol–water partition coefficient (Wildman–Crippen LogP) is 2.28. The van der Waals surface area contributed by atoms with Gasteiger partial charge in [-0.3, -0.25) is 4.79 Å². The highest BCUT2D eigenvalue weighted by atomic mass is 32.2. The van der Waals surface area contributed by atoms with Crippen molar-refractivity contribution < 1.29 is 4.79 Å². The van der Waals surface area contributed by atoms with E-state index in [4.69, 9.17) is 0 Å². The quantitative estimate of drug-likeness (QED) is 0.778. The van der Waals surface area contributed by atoms with Crippen molar-refractivity contribution in [1.82, 2.24) is 10.2 Å². The number of piperidine rings is 1. The third-order valence-corrected chi connectivity index (χ3v) is 4.51. The van der Waals surface area contributed by atoms with Crippen LogP contribution in [0.15, 0.2) is 12.7 Å². The third kappa shape index (κ3) is 5.02. The Morgan fingerprint density at radius 2 is 2.06 bits per heavy atom. The van der Waals surface area contributed by atoms with E-state index in [1.165, 1.54) is 12.8 Å². The van der Waals surface area contributed by atoms with Gasteiger partial charge in [-0.1, -0.05) is 6.08 Å². The predicted molar refractivity (Wildman–Crippen MR) is 80.0 cm³/mol. The Morgan fingerprint density at radius 3 is 2.56 bits per heavy atom. The molecule has 0 spiro atoms. The van der Waals surface area contributed by atoms with E-state index in [1.807, 2.05) is 16.7 Å². The van der Waals surface area contributed by atoms with Crippen LogP contribution >= 0.6 is 11.8 Å². The molecule has 1 amide bonds. The van der Waals surface area contributed by atoms with E-state index in [9.17, 15) is 4.79 Å². The van der Waals surface area contributed by atoms with Crippen molar-refractivity contribution in [2.24, 2.45) is 0 Å². The topological polar surface area (TPSA) is 32.3 Å². The molecule has 0 bridgehead atoms. The summed E-state index contributed by atoms with van der Waals surface area (Å²) >= 11 is 1.81. The Balaban J connectivity index is 2.43. The Labute approximate surface area is 115 Å². The molecule has 1 saturated heterocycles. The first-order chi connectivity index (χ1) is 8.45. The summed E-state index contributed by atoms with van der Waals surface area (Å²) in [6.45, 7) is 12.8. The molecule has 1 fully saturated rings. The first kappa shape index (κ1) is 15.6. The van der Waals surface area contributed by atoms with Gasteiger partial charge in [0, 0.05) is 17.3 Å². The van der Waals surface area contributed by atoms with E-state index in [1.54, 1.807) is 6.08 Å².